The van der Waals surface area contributed by atoms with E-state index in [1.165, 1.54) is 12.1 Å². The third-order valence-corrected chi connectivity index (χ3v) is 5.03. The predicted octanol–water partition coefficient (Wildman–Crippen LogP) is 0.612. The number of aliphatic hydroxyl groups excluding tert-OH is 2. The van der Waals surface area contributed by atoms with Gasteiger partial charge in [-0.3, -0.25) is 0 Å². The van der Waals surface area contributed by atoms with Crippen LogP contribution in [-0.2, 0) is 10.0 Å². The lowest BCUT2D eigenvalue weighted by atomic mass is 9.94. The minimum absolute atomic E-state index is 0.118. The van der Waals surface area contributed by atoms with E-state index < -0.39 is 10.0 Å². The van der Waals surface area contributed by atoms with Crippen molar-refractivity contribution in [3.8, 4) is 11.8 Å². The van der Waals surface area contributed by atoms with E-state index in [2.05, 4.69) is 16.6 Å². The third-order valence-electron chi connectivity index (χ3n) is 3.49. The van der Waals surface area contributed by atoms with Crippen LogP contribution in [0.5, 0.6) is 0 Å². The Kier molecular flexibility index (Phi) is 5.37. The van der Waals surface area contributed by atoms with E-state index in [1.807, 2.05) is 0 Å². The van der Waals surface area contributed by atoms with Gasteiger partial charge in [-0.05, 0) is 49.9 Å². The lowest BCUT2D eigenvalue weighted by Crippen LogP contribution is -2.38. The average Bonchev–Trinajstić information content (AvgIpc) is 2.48. The Labute approximate surface area is 125 Å². The molecule has 1 aliphatic rings. The van der Waals surface area contributed by atoms with Crippen molar-refractivity contribution in [2.75, 3.05) is 6.61 Å². The van der Waals surface area contributed by atoms with E-state index in [1.54, 1.807) is 12.1 Å². The molecule has 0 amide bonds. The lowest BCUT2D eigenvalue weighted by Gasteiger charge is -2.25. The first-order valence-corrected chi connectivity index (χ1v) is 8.40. The van der Waals surface area contributed by atoms with Gasteiger partial charge in [-0.1, -0.05) is 11.8 Å². The summed E-state index contributed by atoms with van der Waals surface area (Å²) >= 11 is 0. The minimum Gasteiger partial charge on any atom is -0.393 e. The second kappa shape index (κ2) is 7.05. The van der Waals surface area contributed by atoms with Crippen LogP contribution in [0.15, 0.2) is 29.2 Å². The molecule has 2 rings (SSSR count). The Morgan fingerprint density at radius 2 is 1.76 bits per heavy atom. The Morgan fingerprint density at radius 1 is 1.14 bits per heavy atom. The van der Waals surface area contributed by atoms with E-state index in [4.69, 9.17) is 5.11 Å². The summed E-state index contributed by atoms with van der Waals surface area (Å²) in [4.78, 5) is 0.197. The number of sulfonamides is 1. The Bertz CT molecular complexity index is 620. The maximum absolute atomic E-state index is 12.3. The van der Waals surface area contributed by atoms with Crippen LogP contribution in [0.1, 0.15) is 31.2 Å². The van der Waals surface area contributed by atoms with E-state index in [9.17, 15) is 13.5 Å². The average molecular weight is 309 g/mol. The molecule has 0 aromatic heterocycles. The van der Waals surface area contributed by atoms with Crippen molar-refractivity contribution < 1.29 is 18.6 Å². The van der Waals surface area contributed by atoms with Crippen LogP contribution in [0.4, 0.5) is 0 Å². The quantitative estimate of drug-likeness (QED) is 0.714. The second-order valence-corrected chi connectivity index (χ2v) is 6.82. The summed E-state index contributed by atoms with van der Waals surface area (Å²) in [5.74, 6) is 5.23. The van der Waals surface area contributed by atoms with Gasteiger partial charge in [0.05, 0.1) is 11.0 Å². The van der Waals surface area contributed by atoms with Gasteiger partial charge in [-0.15, -0.1) is 0 Å². The van der Waals surface area contributed by atoms with Gasteiger partial charge in [0.1, 0.15) is 6.61 Å². The molecule has 1 fully saturated rings. The summed E-state index contributed by atoms with van der Waals surface area (Å²) in [6, 6.07) is 6.11. The van der Waals surface area contributed by atoms with Gasteiger partial charge >= 0.3 is 0 Å². The zero-order valence-corrected chi connectivity index (χ0v) is 12.4. The van der Waals surface area contributed by atoms with Crippen LogP contribution < -0.4 is 4.72 Å². The molecular weight excluding hydrogens is 290 g/mol. The highest BCUT2D eigenvalue weighted by Gasteiger charge is 2.24. The molecule has 6 heteroatoms. The first-order valence-electron chi connectivity index (χ1n) is 6.91. The molecule has 0 unspecified atom stereocenters. The molecule has 0 spiro atoms. The molecule has 1 aromatic rings. The van der Waals surface area contributed by atoms with Gasteiger partial charge in [0.2, 0.25) is 10.0 Å². The summed E-state index contributed by atoms with van der Waals surface area (Å²) in [6.07, 6.45) is 2.25. The molecule has 0 saturated heterocycles. The molecule has 3 N–H and O–H groups in total. The molecule has 0 bridgehead atoms. The highest BCUT2D eigenvalue weighted by Crippen LogP contribution is 2.20. The van der Waals surface area contributed by atoms with Gasteiger partial charge in [-0.25, -0.2) is 13.1 Å². The Morgan fingerprint density at radius 3 is 2.33 bits per heavy atom. The van der Waals surface area contributed by atoms with Crippen molar-refractivity contribution in [1.82, 2.24) is 4.72 Å². The normalized spacial score (nSPS) is 22.4. The van der Waals surface area contributed by atoms with Crippen molar-refractivity contribution in [1.29, 1.82) is 0 Å². The fraction of sp³-hybridized carbons (Fsp3) is 0.467. The van der Waals surface area contributed by atoms with Crippen LogP contribution in [0.2, 0.25) is 0 Å². The molecule has 1 aliphatic carbocycles. The molecule has 1 saturated carbocycles. The van der Waals surface area contributed by atoms with Crippen molar-refractivity contribution in [2.24, 2.45) is 0 Å². The Balaban J connectivity index is 2.05. The molecule has 114 valence electrons. The van der Waals surface area contributed by atoms with E-state index in [0.29, 0.717) is 31.2 Å². The SMILES string of the molecule is O=S(=O)(NC1CCC(O)CC1)c1ccc(C#CCO)cc1. The van der Waals surface area contributed by atoms with Crippen LogP contribution in [0.3, 0.4) is 0 Å². The smallest absolute Gasteiger partial charge is 0.240 e. The molecule has 0 atom stereocenters. The maximum atomic E-state index is 12.3. The number of rotatable bonds is 3. The first kappa shape index (κ1) is 16.0. The number of hydrogen-bond donors (Lipinski definition) is 3. The molecule has 5 nitrogen and oxygen atoms in total. The number of aliphatic hydroxyl groups is 2. The van der Waals surface area contributed by atoms with Crippen LogP contribution >= 0.6 is 0 Å². The standard InChI is InChI=1S/C15H19NO4S/c17-11-1-2-12-3-9-15(10-4-12)21(19,20)16-13-5-7-14(18)8-6-13/h3-4,9-10,13-14,16-18H,5-8,11H2. The van der Waals surface area contributed by atoms with Crippen molar-refractivity contribution in [3.05, 3.63) is 29.8 Å². The highest BCUT2D eigenvalue weighted by molar-refractivity contribution is 7.89. The van der Waals surface area contributed by atoms with Crippen LogP contribution in [-0.4, -0.2) is 37.4 Å². The van der Waals surface area contributed by atoms with E-state index >= 15 is 0 Å². The van der Waals surface area contributed by atoms with Gasteiger partial charge in [0.15, 0.2) is 0 Å². The molecule has 0 heterocycles. The zero-order valence-electron chi connectivity index (χ0n) is 11.6. The van der Waals surface area contributed by atoms with E-state index in [0.717, 1.165) is 0 Å². The largest absolute Gasteiger partial charge is 0.393 e. The molecule has 0 radical (unpaired) electrons. The lowest BCUT2D eigenvalue weighted by molar-refractivity contribution is 0.120. The molecular formula is C15H19NO4S. The second-order valence-electron chi connectivity index (χ2n) is 5.11. The highest BCUT2D eigenvalue weighted by atomic mass is 32.2. The summed E-state index contributed by atoms with van der Waals surface area (Å²) in [5.41, 5.74) is 0.656. The predicted molar refractivity (Wildman–Crippen MR) is 79.0 cm³/mol. The van der Waals surface area contributed by atoms with Gasteiger partial charge < -0.3 is 10.2 Å². The third kappa shape index (κ3) is 4.55. The van der Waals surface area contributed by atoms with Crippen LogP contribution in [0, 0.1) is 11.8 Å². The maximum Gasteiger partial charge on any atom is 0.240 e. The Hall–Kier alpha value is -1.39. The molecule has 0 aliphatic heterocycles. The zero-order chi connectivity index (χ0) is 15.3. The summed E-state index contributed by atoms with van der Waals surface area (Å²) in [5, 5.41) is 18.1. The summed E-state index contributed by atoms with van der Waals surface area (Å²) in [7, 11) is -3.54. The van der Waals surface area contributed by atoms with Crippen molar-refractivity contribution in [3.63, 3.8) is 0 Å². The minimum atomic E-state index is -3.54. The summed E-state index contributed by atoms with van der Waals surface area (Å²) in [6.45, 7) is -0.227. The monoisotopic (exact) mass is 309 g/mol. The number of hydrogen-bond acceptors (Lipinski definition) is 4. The van der Waals surface area contributed by atoms with Crippen LogP contribution in [0.25, 0.3) is 0 Å². The van der Waals surface area contributed by atoms with Crippen molar-refractivity contribution in [2.45, 2.75) is 42.7 Å². The van der Waals surface area contributed by atoms with Gasteiger partial charge in [-0.2, -0.15) is 0 Å². The number of benzene rings is 1. The first-order chi connectivity index (χ1) is 10.0. The fourth-order valence-corrected chi connectivity index (χ4v) is 3.65. The molecule has 21 heavy (non-hydrogen) atoms. The van der Waals surface area contributed by atoms with E-state index in [-0.39, 0.29) is 23.6 Å². The van der Waals surface area contributed by atoms with Crippen molar-refractivity contribution >= 4 is 10.0 Å². The molecule has 1 aromatic carbocycles. The fourth-order valence-electron chi connectivity index (χ4n) is 2.34. The topological polar surface area (TPSA) is 86.6 Å². The summed E-state index contributed by atoms with van der Waals surface area (Å²) < 4.78 is 27.2. The van der Waals surface area contributed by atoms with Gasteiger partial charge in [0, 0.05) is 11.6 Å². The number of nitrogens with one attached hydrogen (secondary N) is 1. The van der Waals surface area contributed by atoms with Gasteiger partial charge in [0.25, 0.3) is 0 Å².